The molecule has 78 valence electrons. The lowest BCUT2D eigenvalue weighted by molar-refractivity contribution is 0.659. The van der Waals surface area contributed by atoms with Gasteiger partial charge in [-0.25, -0.2) is 0 Å². The van der Waals surface area contributed by atoms with Crippen molar-refractivity contribution in [3.8, 4) is 6.07 Å². The molecular weight excluding hydrogens is 252 g/mol. The van der Waals surface area contributed by atoms with E-state index in [1.165, 1.54) is 12.1 Å². The Hall–Kier alpha value is -1.01. The maximum atomic E-state index is 8.78. The lowest BCUT2D eigenvalue weighted by Crippen LogP contribution is -2.19. The molecule has 1 saturated heterocycles. The van der Waals surface area contributed by atoms with Gasteiger partial charge in [-0.2, -0.15) is 5.26 Å². The number of hydrogen-bond donors (Lipinski definition) is 0. The van der Waals surface area contributed by atoms with Crippen molar-refractivity contribution >= 4 is 21.6 Å². The molecule has 1 unspecified atom stereocenters. The first-order chi connectivity index (χ1) is 7.20. The van der Waals surface area contributed by atoms with Gasteiger partial charge in [0.25, 0.3) is 0 Å². The minimum atomic E-state index is 0.706. The Kier molecular flexibility index (Phi) is 2.97. The van der Waals surface area contributed by atoms with Crippen LogP contribution in [0.5, 0.6) is 0 Å². The summed E-state index contributed by atoms with van der Waals surface area (Å²) in [5.41, 5.74) is 1.91. The molecule has 2 rings (SSSR count). The monoisotopic (exact) mass is 264 g/mol. The van der Waals surface area contributed by atoms with E-state index in [0.29, 0.717) is 5.56 Å². The Balaban J connectivity index is 2.26. The van der Waals surface area contributed by atoms with Gasteiger partial charge in [-0.15, -0.1) is 0 Å². The van der Waals surface area contributed by atoms with E-state index < -0.39 is 0 Å². The molecule has 1 aliphatic heterocycles. The number of nitrogens with zero attached hydrogens (tertiary/aromatic N) is 2. The normalized spacial score (nSPS) is 20.3. The van der Waals surface area contributed by atoms with Crippen molar-refractivity contribution in [2.75, 3.05) is 18.0 Å². The molecule has 0 saturated carbocycles. The van der Waals surface area contributed by atoms with Crippen LogP contribution in [0.15, 0.2) is 22.7 Å². The van der Waals surface area contributed by atoms with Crippen LogP contribution in [0.25, 0.3) is 0 Å². The second-order valence-corrected chi connectivity index (χ2v) is 4.97. The van der Waals surface area contributed by atoms with Gasteiger partial charge in [0, 0.05) is 17.6 Å². The summed E-state index contributed by atoms with van der Waals surface area (Å²) in [5, 5.41) is 8.78. The molecule has 0 N–H and O–H groups in total. The molecule has 3 heteroatoms. The average Bonchev–Trinajstić information content (AvgIpc) is 2.64. The molecule has 15 heavy (non-hydrogen) atoms. The summed E-state index contributed by atoms with van der Waals surface area (Å²) >= 11 is 3.53. The van der Waals surface area contributed by atoms with Crippen LogP contribution in [0.1, 0.15) is 18.9 Å². The summed E-state index contributed by atoms with van der Waals surface area (Å²) < 4.78 is 1.02. The van der Waals surface area contributed by atoms with E-state index in [2.05, 4.69) is 33.8 Å². The lowest BCUT2D eigenvalue weighted by Gasteiger charge is -2.19. The molecule has 0 radical (unpaired) electrons. The number of anilines is 1. The molecule has 1 heterocycles. The SMILES string of the molecule is CC1CCN(c2ccc(C#N)cc2Br)C1. The van der Waals surface area contributed by atoms with Crippen LogP contribution < -0.4 is 4.90 Å². The van der Waals surface area contributed by atoms with Crippen molar-refractivity contribution < 1.29 is 0 Å². The lowest BCUT2D eigenvalue weighted by atomic mass is 10.2. The van der Waals surface area contributed by atoms with Crippen LogP contribution in [0.3, 0.4) is 0 Å². The second kappa shape index (κ2) is 4.24. The third-order valence-corrected chi connectivity index (χ3v) is 3.48. The van der Waals surface area contributed by atoms with Gasteiger partial charge in [0.1, 0.15) is 0 Å². The van der Waals surface area contributed by atoms with Crippen molar-refractivity contribution in [2.45, 2.75) is 13.3 Å². The smallest absolute Gasteiger partial charge is 0.0992 e. The van der Waals surface area contributed by atoms with Gasteiger partial charge < -0.3 is 4.90 Å². The fourth-order valence-electron chi connectivity index (χ4n) is 1.99. The van der Waals surface area contributed by atoms with E-state index in [9.17, 15) is 0 Å². The van der Waals surface area contributed by atoms with Crippen LogP contribution in [0.2, 0.25) is 0 Å². The molecule has 1 fully saturated rings. The van der Waals surface area contributed by atoms with Crippen molar-refractivity contribution in [3.63, 3.8) is 0 Å². The highest BCUT2D eigenvalue weighted by atomic mass is 79.9. The molecule has 0 bridgehead atoms. The summed E-state index contributed by atoms with van der Waals surface area (Å²) in [5.74, 6) is 0.771. The molecular formula is C12H13BrN2. The summed E-state index contributed by atoms with van der Waals surface area (Å²) in [4.78, 5) is 2.37. The van der Waals surface area contributed by atoms with Gasteiger partial charge in [-0.3, -0.25) is 0 Å². The molecule has 0 spiro atoms. The maximum Gasteiger partial charge on any atom is 0.0992 e. The Morgan fingerprint density at radius 1 is 1.53 bits per heavy atom. The minimum absolute atomic E-state index is 0.706. The Morgan fingerprint density at radius 2 is 2.33 bits per heavy atom. The molecule has 1 aromatic rings. The van der Waals surface area contributed by atoms with Crippen molar-refractivity contribution in [1.29, 1.82) is 5.26 Å². The van der Waals surface area contributed by atoms with E-state index in [-0.39, 0.29) is 0 Å². The zero-order valence-electron chi connectivity index (χ0n) is 8.70. The molecule has 1 aromatic carbocycles. The molecule has 1 atom stereocenters. The van der Waals surface area contributed by atoms with Gasteiger partial charge >= 0.3 is 0 Å². The third kappa shape index (κ3) is 2.15. The third-order valence-electron chi connectivity index (χ3n) is 2.84. The minimum Gasteiger partial charge on any atom is -0.370 e. The first-order valence-corrected chi connectivity index (χ1v) is 5.94. The van der Waals surface area contributed by atoms with E-state index in [0.717, 1.165) is 23.5 Å². The largest absolute Gasteiger partial charge is 0.370 e. The highest BCUT2D eigenvalue weighted by Crippen LogP contribution is 2.31. The number of halogens is 1. The summed E-state index contributed by atoms with van der Waals surface area (Å²) in [6.07, 6.45) is 1.26. The van der Waals surface area contributed by atoms with Crippen molar-refractivity contribution in [3.05, 3.63) is 28.2 Å². The van der Waals surface area contributed by atoms with Gasteiger partial charge in [0.2, 0.25) is 0 Å². The molecule has 0 amide bonds. The predicted molar refractivity (Wildman–Crippen MR) is 64.9 cm³/mol. The van der Waals surface area contributed by atoms with Gasteiger partial charge in [0.05, 0.1) is 17.3 Å². The van der Waals surface area contributed by atoms with E-state index in [1.54, 1.807) is 0 Å². The fourth-order valence-corrected chi connectivity index (χ4v) is 2.62. The first kappa shape index (κ1) is 10.5. The van der Waals surface area contributed by atoms with Gasteiger partial charge in [-0.1, -0.05) is 6.92 Å². The van der Waals surface area contributed by atoms with E-state index in [4.69, 9.17) is 5.26 Å². The van der Waals surface area contributed by atoms with E-state index in [1.807, 2.05) is 18.2 Å². The van der Waals surface area contributed by atoms with Crippen LogP contribution >= 0.6 is 15.9 Å². The number of nitriles is 1. The fraction of sp³-hybridized carbons (Fsp3) is 0.417. The average molecular weight is 265 g/mol. The predicted octanol–water partition coefficient (Wildman–Crippen LogP) is 3.17. The Bertz CT molecular complexity index is 409. The highest BCUT2D eigenvalue weighted by Gasteiger charge is 2.20. The topological polar surface area (TPSA) is 27.0 Å². The molecule has 1 aliphatic rings. The first-order valence-electron chi connectivity index (χ1n) is 5.15. The number of benzene rings is 1. The Labute approximate surface area is 98.6 Å². The molecule has 0 aliphatic carbocycles. The van der Waals surface area contributed by atoms with Crippen LogP contribution in [-0.4, -0.2) is 13.1 Å². The molecule has 2 nitrogen and oxygen atoms in total. The number of hydrogen-bond acceptors (Lipinski definition) is 2. The zero-order chi connectivity index (χ0) is 10.8. The van der Waals surface area contributed by atoms with Gasteiger partial charge in [0.15, 0.2) is 0 Å². The number of rotatable bonds is 1. The van der Waals surface area contributed by atoms with E-state index >= 15 is 0 Å². The van der Waals surface area contributed by atoms with Gasteiger partial charge in [-0.05, 0) is 46.5 Å². The summed E-state index contributed by atoms with van der Waals surface area (Å²) in [6.45, 7) is 4.51. The summed E-state index contributed by atoms with van der Waals surface area (Å²) in [7, 11) is 0. The highest BCUT2D eigenvalue weighted by molar-refractivity contribution is 9.10. The zero-order valence-corrected chi connectivity index (χ0v) is 10.3. The maximum absolute atomic E-state index is 8.78. The quantitative estimate of drug-likeness (QED) is 0.779. The summed E-state index contributed by atoms with van der Waals surface area (Å²) in [6, 6.07) is 7.94. The Morgan fingerprint density at radius 3 is 2.87 bits per heavy atom. The second-order valence-electron chi connectivity index (χ2n) is 4.12. The standard InChI is InChI=1S/C12H13BrN2/c1-9-4-5-15(8-9)12-3-2-10(7-14)6-11(12)13/h2-3,6,9H,4-5,8H2,1H3. The van der Waals surface area contributed by atoms with Crippen molar-refractivity contribution in [1.82, 2.24) is 0 Å². The van der Waals surface area contributed by atoms with Crippen LogP contribution in [0.4, 0.5) is 5.69 Å². The molecule has 0 aromatic heterocycles. The van der Waals surface area contributed by atoms with Crippen LogP contribution in [-0.2, 0) is 0 Å². The van der Waals surface area contributed by atoms with Crippen molar-refractivity contribution in [2.24, 2.45) is 5.92 Å². The van der Waals surface area contributed by atoms with Crippen LogP contribution in [0, 0.1) is 17.2 Å².